The molecule has 26 heavy (non-hydrogen) atoms. The zero-order valence-corrected chi connectivity index (χ0v) is 20.7. The van der Waals surface area contributed by atoms with Crippen LogP contribution in [-0.2, 0) is 28.8 Å². The fourth-order valence-electron chi connectivity index (χ4n) is 0. The van der Waals surface area contributed by atoms with Gasteiger partial charge in [0.25, 0.3) is 0 Å². The van der Waals surface area contributed by atoms with Gasteiger partial charge in [0.05, 0.1) is 0 Å². The van der Waals surface area contributed by atoms with Crippen molar-refractivity contribution in [3.8, 4) is 0 Å². The molecule has 0 N–H and O–H groups in total. The third-order valence-corrected chi connectivity index (χ3v) is 0. The van der Waals surface area contributed by atoms with Crippen LogP contribution in [-0.4, -0.2) is 58.9 Å². The topological polar surface area (TPSA) is 241 Å². The smallest absolute Gasteiger partial charge is 0.550 e. The summed E-state index contributed by atoms with van der Waals surface area (Å²) in [7, 11) is 0. The molecular weight excluding hydrogens is 598 g/mol. The Bertz CT molecular complexity index is 267. The summed E-state index contributed by atoms with van der Waals surface area (Å²) in [4.78, 5) is 53.3. The molecule has 0 aliphatic rings. The number of hydrogen-bond donors (Lipinski definition) is 0. The van der Waals surface area contributed by atoms with E-state index >= 15 is 0 Å². The van der Waals surface area contributed by atoms with Crippen molar-refractivity contribution in [3.63, 3.8) is 0 Å². The van der Waals surface area contributed by atoms with Crippen LogP contribution in [0.15, 0.2) is 0 Å². The number of rotatable bonds is 0. The van der Waals surface area contributed by atoms with Crippen LogP contribution < -0.4 is 30.6 Å². The average Bonchev–Trinajstić information content (AvgIpc) is 2.08. The molecule has 0 saturated carbocycles. The van der Waals surface area contributed by atoms with Crippen molar-refractivity contribution in [2.24, 2.45) is 0 Å². The Kier molecular flexibility index (Phi) is 83.7. The summed E-state index contributed by atoms with van der Waals surface area (Å²) in [5.41, 5.74) is 0. The average molecular weight is 617 g/mol. The quantitative estimate of drug-likeness (QED) is 0.231. The van der Waals surface area contributed by atoms with E-state index in [9.17, 15) is 0 Å². The molecule has 0 aromatic rings. The van der Waals surface area contributed by atoms with Crippen LogP contribution in [0.1, 0.15) is 41.5 Å². The van der Waals surface area contributed by atoms with E-state index in [1.165, 1.54) is 0 Å². The van der Waals surface area contributed by atoms with Gasteiger partial charge in [-0.2, -0.15) is 0 Å². The van der Waals surface area contributed by atoms with Gasteiger partial charge in [-0.3, -0.25) is 0 Å². The van der Waals surface area contributed by atoms with Crippen molar-refractivity contribution in [1.29, 1.82) is 0 Å². The molecule has 12 nitrogen and oxygen atoms in total. The first kappa shape index (κ1) is 49.7. The summed E-state index contributed by atoms with van der Waals surface area (Å²) in [5.74, 6) is -6.50. The molecule has 0 rings (SSSR count). The predicted molar refractivity (Wildman–Crippen MR) is 69.8 cm³/mol. The van der Waals surface area contributed by atoms with E-state index in [-0.39, 0.29) is 54.2 Å². The van der Waals surface area contributed by atoms with Gasteiger partial charge in [-0.15, -0.1) is 0 Å². The minimum Gasteiger partial charge on any atom is -0.550 e. The van der Waals surface area contributed by atoms with Crippen LogP contribution in [0.25, 0.3) is 0 Å². The minimum atomic E-state index is -1.08. The van der Waals surface area contributed by atoms with Gasteiger partial charge in [0.2, 0.25) is 0 Å². The van der Waals surface area contributed by atoms with Crippen LogP contribution in [0.4, 0.5) is 0 Å². The summed E-state index contributed by atoms with van der Waals surface area (Å²) in [5, 5.41) is 53.3. The van der Waals surface area contributed by atoms with E-state index in [1.54, 1.807) is 0 Å². The number of carboxylic acids is 6. The van der Waals surface area contributed by atoms with Crippen LogP contribution in [0.5, 0.6) is 0 Å². The summed E-state index contributed by atoms with van der Waals surface area (Å²) < 4.78 is 0. The van der Waals surface area contributed by atoms with Crippen molar-refractivity contribution in [3.05, 3.63) is 0 Å². The van der Waals surface area contributed by atoms with Gasteiger partial charge in [-0.25, -0.2) is 0 Å². The second-order valence-corrected chi connectivity index (χ2v) is 2.95. The molecule has 0 unspecified atom stereocenters. The number of carboxylic acid groups (broad SMARTS) is 6. The van der Waals surface area contributed by atoms with Gasteiger partial charge >= 0.3 is 54.2 Å². The third kappa shape index (κ3) is 5720. The first-order valence-corrected chi connectivity index (χ1v) is 5.45. The van der Waals surface area contributed by atoms with Crippen LogP contribution >= 0.6 is 0 Å². The van der Waals surface area contributed by atoms with E-state index in [2.05, 4.69) is 0 Å². The van der Waals surface area contributed by atoms with Crippen molar-refractivity contribution < 1.29 is 90.5 Å². The molecule has 0 aliphatic carbocycles. The number of carbonyl (C=O) groups excluding carboxylic acids is 6. The third-order valence-electron chi connectivity index (χ3n) is 0. The van der Waals surface area contributed by atoms with Gasteiger partial charge in [0.15, 0.2) is 0 Å². The first-order chi connectivity index (χ1) is 10.4. The van der Waals surface area contributed by atoms with Gasteiger partial charge in [-0.1, -0.05) is 0 Å². The Morgan fingerprint density at radius 3 is 0.385 bits per heavy atom. The Morgan fingerprint density at radius 1 is 0.385 bits per heavy atom. The molecule has 0 atom stereocenters. The van der Waals surface area contributed by atoms with Crippen LogP contribution in [0, 0.1) is 31.1 Å². The molecule has 0 aliphatic heterocycles. The second kappa shape index (κ2) is 43.8. The Labute approximate surface area is 190 Å². The van der Waals surface area contributed by atoms with Crippen LogP contribution in [0.3, 0.4) is 0 Å². The van der Waals surface area contributed by atoms with Gasteiger partial charge in [0.1, 0.15) is 0 Å². The molecule has 0 fully saturated rings. The van der Waals surface area contributed by atoms with Crippen molar-refractivity contribution in [2.75, 3.05) is 0 Å². The first-order valence-electron chi connectivity index (χ1n) is 5.45. The molecule has 0 aromatic heterocycles. The summed E-state index contributed by atoms with van der Waals surface area (Å²) in [6.45, 7) is 5.83. The maximum absolute atomic E-state index is 8.89. The molecule has 14 heteroatoms. The molecule has 0 spiro atoms. The maximum Gasteiger partial charge on any atom is 4.00 e. The fraction of sp³-hybridized carbons (Fsp3) is 0.500. The zero-order valence-electron chi connectivity index (χ0n) is 15.1. The summed E-state index contributed by atoms with van der Waals surface area (Å²) in [6.07, 6.45) is 0. The van der Waals surface area contributed by atoms with E-state index in [0.717, 1.165) is 41.5 Å². The SMILES string of the molecule is CC(=O)[O-].CC(=O)[O-].CC(=O)[O-].CC(=O)[O-].CC(=O)[O-].CC(=O)[O-].[Mg+2].[U+4]. The standard InChI is InChI=1S/6C2H4O2.Mg.U/c6*1-2(3)4;;/h6*1H3,(H,3,4);;/q;;;;;;+2;+4/p-6. The molecule has 0 radical (unpaired) electrons. The molecule has 0 bridgehead atoms. The van der Waals surface area contributed by atoms with Gasteiger partial charge in [0, 0.05) is 35.8 Å². The van der Waals surface area contributed by atoms with E-state index in [4.69, 9.17) is 59.4 Å². The molecule has 0 heterocycles. The largest absolute Gasteiger partial charge is 4.00 e. The number of carbonyl (C=O) groups is 6. The Hall–Kier alpha value is -1.36. The van der Waals surface area contributed by atoms with Gasteiger partial charge in [-0.05, 0) is 41.5 Å². The Morgan fingerprint density at radius 2 is 0.385 bits per heavy atom. The molecule has 0 amide bonds. The molecular formula is C12H18MgO12U. The molecule has 0 saturated heterocycles. The maximum atomic E-state index is 8.89. The predicted octanol–water partition coefficient (Wildman–Crippen LogP) is -7.84. The van der Waals surface area contributed by atoms with Crippen LogP contribution in [0.2, 0.25) is 0 Å². The minimum absolute atomic E-state index is 0. The fourth-order valence-corrected chi connectivity index (χ4v) is 0. The summed E-state index contributed by atoms with van der Waals surface area (Å²) in [6, 6.07) is 0. The summed E-state index contributed by atoms with van der Waals surface area (Å²) >= 11 is 0. The van der Waals surface area contributed by atoms with Gasteiger partial charge < -0.3 is 59.4 Å². The normalized spacial score (nSPS) is 5.77. The second-order valence-electron chi connectivity index (χ2n) is 2.95. The van der Waals surface area contributed by atoms with E-state index < -0.39 is 35.8 Å². The van der Waals surface area contributed by atoms with E-state index in [1.807, 2.05) is 0 Å². The molecule has 0 aromatic carbocycles. The number of aliphatic carboxylic acids is 6. The van der Waals surface area contributed by atoms with E-state index in [0.29, 0.717) is 0 Å². The zero-order chi connectivity index (χ0) is 21.5. The van der Waals surface area contributed by atoms with Crippen molar-refractivity contribution >= 4 is 58.9 Å². The van der Waals surface area contributed by atoms with Crippen molar-refractivity contribution in [2.45, 2.75) is 41.5 Å². The number of hydrogen-bond acceptors (Lipinski definition) is 12. The Balaban J connectivity index is -0.0000000245. The van der Waals surface area contributed by atoms with Crippen molar-refractivity contribution in [1.82, 2.24) is 0 Å². The molecule has 144 valence electrons. The monoisotopic (exact) mass is 616 g/mol.